The lowest BCUT2D eigenvalue weighted by Crippen LogP contribution is -2.53. The Morgan fingerprint density at radius 1 is 1.06 bits per heavy atom. The van der Waals surface area contributed by atoms with Crippen LogP contribution in [0.1, 0.15) is 48.5 Å². The van der Waals surface area contributed by atoms with Crippen LogP contribution in [-0.4, -0.2) is 42.4 Å². The van der Waals surface area contributed by atoms with Crippen LogP contribution in [0.2, 0.25) is 0 Å². The Morgan fingerprint density at radius 2 is 1.75 bits per heavy atom. The molecule has 1 atom stereocenters. The fraction of sp³-hybridized carbons (Fsp3) is 0.346. The van der Waals surface area contributed by atoms with E-state index in [1.807, 2.05) is 52.0 Å². The van der Waals surface area contributed by atoms with E-state index in [9.17, 15) is 14.0 Å². The second-order valence-electron chi connectivity index (χ2n) is 9.84. The molecule has 2 aromatic carbocycles. The number of aryl methyl sites for hydroxylation is 2. The van der Waals surface area contributed by atoms with Crippen molar-refractivity contribution >= 4 is 22.7 Å². The summed E-state index contributed by atoms with van der Waals surface area (Å²) in [5.74, 6) is 0.127. The quantitative estimate of drug-likeness (QED) is 0.413. The molecule has 2 amide bonds. The molecular weight excluding hydrogens is 461 g/mol. The monoisotopic (exact) mass is 491 g/mol. The van der Waals surface area contributed by atoms with Crippen LogP contribution in [-0.2, 0) is 24.9 Å². The van der Waals surface area contributed by atoms with Crippen molar-refractivity contribution < 1.29 is 14.0 Å². The number of rotatable bonds is 7. The molecule has 0 spiro atoms. The molecular formula is C26H30FN7O2. The normalized spacial score (nSPS) is 12.5. The molecule has 0 fully saturated rings. The van der Waals surface area contributed by atoms with Crippen molar-refractivity contribution in [3.63, 3.8) is 0 Å². The van der Waals surface area contributed by atoms with Crippen LogP contribution in [0.3, 0.4) is 0 Å². The Balaban J connectivity index is 1.56. The topological polar surface area (TPSA) is 107 Å². The van der Waals surface area contributed by atoms with E-state index in [4.69, 9.17) is 0 Å². The van der Waals surface area contributed by atoms with Gasteiger partial charge in [0.25, 0.3) is 5.91 Å². The van der Waals surface area contributed by atoms with Crippen molar-refractivity contribution in [3.8, 4) is 0 Å². The first-order chi connectivity index (χ1) is 17.0. The Kier molecular flexibility index (Phi) is 6.87. The number of hydrogen-bond acceptors (Lipinski definition) is 5. The van der Waals surface area contributed by atoms with Crippen LogP contribution >= 0.6 is 0 Å². The lowest BCUT2D eigenvalue weighted by Gasteiger charge is -2.30. The van der Waals surface area contributed by atoms with E-state index in [-0.39, 0.29) is 24.0 Å². The van der Waals surface area contributed by atoms with Gasteiger partial charge in [-0.25, -0.2) is 9.37 Å². The number of para-hydroxylation sites is 1. The minimum Gasteiger partial charge on any atom is -0.347 e. The fourth-order valence-corrected chi connectivity index (χ4v) is 3.92. The molecule has 0 bridgehead atoms. The highest BCUT2D eigenvalue weighted by atomic mass is 19.1. The lowest BCUT2D eigenvalue weighted by atomic mass is 9.86. The highest BCUT2D eigenvalue weighted by Gasteiger charge is 2.34. The smallest absolute Gasteiger partial charge is 0.273 e. The summed E-state index contributed by atoms with van der Waals surface area (Å²) in [7, 11) is 1.78. The van der Waals surface area contributed by atoms with Gasteiger partial charge in [0, 0.05) is 12.4 Å². The van der Waals surface area contributed by atoms with Gasteiger partial charge in [-0.1, -0.05) is 51.1 Å². The number of carbonyl (C=O) groups is 2. The molecule has 4 aromatic rings. The van der Waals surface area contributed by atoms with Gasteiger partial charge in [0.2, 0.25) is 5.91 Å². The summed E-state index contributed by atoms with van der Waals surface area (Å²) in [6.45, 7) is 7.99. The summed E-state index contributed by atoms with van der Waals surface area (Å²) >= 11 is 0. The maximum atomic E-state index is 13.4. The molecule has 2 N–H and O–H groups in total. The van der Waals surface area contributed by atoms with Crippen molar-refractivity contribution in [2.75, 3.05) is 0 Å². The van der Waals surface area contributed by atoms with Crippen molar-refractivity contribution in [3.05, 3.63) is 77.3 Å². The molecule has 4 rings (SSSR count). The zero-order valence-corrected chi connectivity index (χ0v) is 21.0. The largest absolute Gasteiger partial charge is 0.347 e. The summed E-state index contributed by atoms with van der Waals surface area (Å²) in [6.07, 6.45) is 0. The number of amides is 2. The van der Waals surface area contributed by atoms with Crippen molar-refractivity contribution in [1.29, 1.82) is 0 Å². The molecule has 0 aliphatic carbocycles. The molecule has 10 heteroatoms. The number of aromatic nitrogens is 5. The summed E-state index contributed by atoms with van der Waals surface area (Å²) in [6, 6.07) is 12.7. The predicted molar refractivity (Wildman–Crippen MR) is 134 cm³/mol. The van der Waals surface area contributed by atoms with Gasteiger partial charge in [-0.05, 0) is 36.1 Å². The minimum absolute atomic E-state index is 0.151. The summed E-state index contributed by atoms with van der Waals surface area (Å²) < 4.78 is 16.7. The first-order valence-corrected chi connectivity index (χ1v) is 11.7. The minimum atomic E-state index is -0.823. The third kappa shape index (κ3) is 5.42. The van der Waals surface area contributed by atoms with E-state index < -0.39 is 17.4 Å². The maximum Gasteiger partial charge on any atom is 0.273 e. The van der Waals surface area contributed by atoms with E-state index >= 15 is 0 Å². The third-order valence-electron chi connectivity index (χ3n) is 5.97. The second-order valence-corrected chi connectivity index (χ2v) is 9.84. The van der Waals surface area contributed by atoms with Crippen LogP contribution in [0, 0.1) is 18.2 Å². The van der Waals surface area contributed by atoms with E-state index in [0.29, 0.717) is 17.8 Å². The molecule has 0 radical (unpaired) electrons. The molecule has 188 valence electrons. The average Bonchev–Trinajstić information content (AvgIpc) is 3.36. The Morgan fingerprint density at radius 3 is 2.39 bits per heavy atom. The van der Waals surface area contributed by atoms with Crippen LogP contribution < -0.4 is 10.6 Å². The fourth-order valence-electron chi connectivity index (χ4n) is 3.92. The lowest BCUT2D eigenvalue weighted by molar-refractivity contribution is -0.125. The van der Waals surface area contributed by atoms with Gasteiger partial charge < -0.3 is 10.6 Å². The van der Waals surface area contributed by atoms with Crippen LogP contribution in [0.15, 0.2) is 48.5 Å². The number of fused-ring (bicyclic) bond motifs is 1. The zero-order chi connectivity index (χ0) is 26.0. The number of nitrogens with one attached hydrogen (secondary N) is 2. The third-order valence-corrected chi connectivity index (χ3v) is 5.97. The van der Waals surface area contributed by atoms with Gasteiger partial charge >= 0.3 is 0 Å². The molecule has 2 heterocycles. The molecule has 0 aliphatic heterocycles. The van der Waals surface area contributed by atoms with Gasteiger partial charge in [0.1, 0.15) is 17.7 Å². The summed E-state index contributed by atoms with van der Waals surface area (Å²) in [5, 5.41) is 15.2. The Hall–Kier alpha value is -4.08. The molecule has 9 nitrogen and oxygen atoms in total. The molecule has 0 unspecified atom stereocenters. The van der Waals surface area contributed by atoms with E-state index in [1.165, 1.54) is 12.1 Å². The van der Waals surface area contributed by atoms with Gasteiger partial charge in [-0.2, -0.15) is 10.2 Å². The van der Waals surface area contributed by atoms with Gasteiger partial charge in [-0.3, -0.25) is 19.0 Å². The van der Waals surface area contributed by atoms with Crippen LogP contribution in [0.25, 0.3) is 10.9 Å². The highest BCUT2D eigenvalue weighted by Crippen LogP contribution is 2.23. The van der Waals surface area contributed by atoms with Gasteiger partial charge in [-0.15, -0.1) is 0 Å². The average molecular weight is 492 g/mol. The molecule has 36 heavy (non-hydrogen) atoms. The van der Waals surface area contributed by atoms with Crippen LogP contribution in [0.5, 0.6) is 0 Å². The molecule has 2 aromatic heterocycles. The summed E-state index contributed by atoms with van der Waals surface area (Å²) in [4.78, 5) is 30.8. The first kappa shape index (κ1) is 25.0. The SMILES string of the molecule is Cc1nc(CNC(=O)[C@@H](NC(=O)c2nn(Cc3ccc(F)cc3)c3ccccc23)C(C)(C)C)nn1C. The first-order valence-electron chi connectivity index (χ1n) is 11.7. The zero-order valence-electron chi connectivity index (χ0n) is 21.0. The molecule has 0 aliphatic rings. The number of halogens is 1. The van der Waals surface area contributed by atoms with Gasteiger partial charge in [0.15, 0.2) is 11.5 Å². The molecule has 0 saturated heterocycles. The Bertz CT molecular complexity index is 1380. The second kappa shape index (κ2) is 9.88. The molecule has 0 saturated carbocycles. The van der Waals surface area contributed by atoms with E-state index in [0.717, 1.165) is 16.9 Å². The maximum absolute atomic E-state index is 13.4. The van der Waals surface area contributed by atoms with Crippen LogP contribution in [0.4, 0.5) is 4.39 Å². The van der Waals surface area contributed by atoms with Gasteiger partial charge in [0.05, 0.1) is 18.6 Å². The van der Waals surface area contributed by atoms with Crippen molar-refractivity contribution in [1.82, 2.24) is 35.2 Å². The van der Waals surface area contributed by atoms with E-state index in [1.54, 1.807) is 28.5 Å². The number of nitrogens with zero attached hydrogens (tertiary/aromatic N) is 5. The standard InChI is InChI=1S/C26H30FN7O2/c1-16-29-21(31-33(16)5)14-28-25(36)23(26(2,3)4)30-24(35)22-19-8-6-7-9-20(19)34(32-22)15-17-10-12-18(27)13-11-17/h6-13,23H,14-15H2,1-5H3,(H,28,36)(H,30,35)/t23-/m1/s1. The van der Waals surface area contributed by atoms with E-state index in [2.05, 4.69) is 25.8 Å². The summed E-state index contributed by atoms with van der Waals surface area (Å²) in [5.41, 5.74) is 1.26. The highest BCUT2D eigenvalue weighted by molar-refractivity contribution is 6.06. The Labute approximate surface area is 208 Å². The van der Waals surface area contributed by atoms with Crippen molar-refractivity contribution in [2.45, 2.75) is 46.8 Å². The number of benzene rings is 2. The predicted octanol–water partition coefficient (Wildman–Crippen LogP) is 3.12. The van der Waals surface area contributed by atoms with Crippen molar-refractivity contribution in [2.24, 2.45) is 12.5 Å². The number of hydrogen-bond donors (Lipinski definition) is 2. The number of carbonyl (C=O) groups excluding carboxylic acids is 2.